The lowest BCUT2D eigenvalue weighted by atomic mass is 9.85. The molecule has 0 saturated heterocycles. The summed E-state index contributed by atoms with van der Waals surface area (Å²) in [6, 6.07) is 3.72. The van der Waals surface area contributed by atoms with Crippen LogP contribution in [0.1, 0.15) is 44.7 Å². The first kappa shape index (κ1) is 15.8. The lowest BCUT2D eigenvalue weighted by molar-refractivity contribution is -0.146. The van der Waals surface area contributed by atoms with Crippen LogP contribution in [0, 0.1) is 5.41 Å². The van der Waals surface area contributed by atoms with Crippen LogP contribution in [0.3, 0.4) is 0 Å². The van der Waals surface area contributed by atoms with Gasteiger partial charge in [-0.2, -0.15) is 0 Å². The second-order valence-corrected chi connectivity index (χ2v) is 6.11. The average molecular weight is 285 g/mol. The van der Waals surface area contributed by atoms with E-state index in [1.54, 1.807) is 21.0 Å². The van der Waals surface area contributed by atoms with Gasteiger partial charge >= 0.3 is 5.97 Å². The molecule has 0 saturated carbocycles. The number of aliphatic carboxylic acids is 1. The summed E-state index contributed by atoms with van der Waals surface area (Å²) in [6.07, 6.45) is 0.379. The van der Waals surface area contributed by atoms with Gasteiger partial charge in [0.15, 0.2) is 0 Å². The molecule has 1 rings (SSSR count). The van der Waals surface area contributed by atoms with E-state index in [0.717, 1.165) is 11.1 Å². The molecule has 0 amide bonds. The van der Waals surface area contributed by atoms with Gasteiger partial charge in [0, 0.05) is 5.02 Å². The Balaban J connectivity index is 3.22. The van der Waals surface area contributed by atoms with Crippen molar-refractivity contribution in [1.82, 2.24) is 0 Å². The monoisotopic (exact) mass is 284 g/mol. The lowest BCUT2D eigenvalue weighted by Crippen LogP contribution is -2.26. The normalized spacial score (nSPS) is 11.7. The van der Waals surface area contributed by atoms with Crippen LogP contribution in [0.25, 0.3) is 0 Å². The summed E-state index contributed by atoms with van der Waals surface area (Å²) in [7, 11) is 1.59. The highest BCUT2D eigenvalue weighted by atomic mass is 35.5. The molecule has 19 heavy (non-hydrogen) atoms. The maximum absolute atomic E-state index is 11.2. The topological polar surface area (TPSA) is 46.5 Å². The smallest absolute Gasteiger partial charge is 0.309 e. The minimum absolute atomic E-state index is 0.294. The quantitative estimate of drug-likeness (QED) is 0.884. The number of halogens is 1. The third kappa shape index (κ3) is 3.63. The molecule has 0 unspecified atom stereocenters. The van der Waals surface area contributed by atoms with Gasteiger partial charge in [-0.3, -0.25) is 4.79 Å². The number of ether oxygens (including phenoxy) is 1. The Hall–Kier alpha value is -1.22. The zero-order valence-electron chi connectivity index (χ0n) is 12.1. The van der Waals surface area contributed by atoms with Gasteiger partial charge in [-0.1, -0.05) is 25.4 Å². The standard InChI is InChI=1S/C15H21ClO3/c1-9(2)11-7-13(19-5)10(6-12(11)16)8-15(3,4)14(17)18/h6-7,9H,8H2,1-5H3,(H,17,18). The Morgan fingerprint density at radius 3 is 2.42 bits per heavy atom. The van der Waals surface area contributed by atoms with Gasteiger partial charge in [0.2, 0.25) is 0 Å². The summed E-state index contributed by atoms with van der Waals surface area (Å²) >= 11 is 6.26. The van der Waals surface area contributed by atoms with Crippen LogP contribution in [0.4, 0.5) is 0 Å². The molecule has 0 bridgehead atoms. The van der Waals surface area contributed by atoms with Crippen molar-refractivity contribution in [3.05, 3.63) is 28.3 Å². The highest BCUT2D eigenvalue weighted by Crippen LogP contribution is 2.35. The molecule has 1 N–H and O–H groups in total. The lowest BCUT2D eigenvalue weighted by Gasteiger charge is -2.22. The van der Waals surface area contributed by atoms with E-state index >= 15 is 0 Å². The largest absolute Gasteiger partial charge is 0.496 e. The van der Waals surface area contributed by atoms with Crippen LogP contribution >= 0.6 is 11.6 Å². The van der Waals surface area contributed by atoms with Gasteiger partial charge in [-0.25, -0.2) is 0 Å². The molecule has 106 valence electrons. The van der Waals surface area contributed by atoms with Crippen LogP contribution < -0.4 is 4.74 Å². The number of benzene rings is 1. The Morgan fingerprint density at radius 2 is 2.00 bits per heavy atom. The van der Waals surface area contributed by atoms with E-state index in [4.69, 9.17) is 16.3 Å². The molecule has 0 aromatic heterocycles. The highest BCUT2D eigenvalue weighted by Gasteiger charge is 2.29. The second-order valence-electron chi connectivity index (χ2n) is 5.71. The number of rotatable bonds is 5. The highest BCUT2D eigenvalue weighted by molar-refractivity contribution is 6.31. The summed E-state index contributed by atoms with van der Waals surface area (Å²) in [5, 5.41) is 9.86. The molecule has 0 atom stereocenters. The summed E-state index contributed by atoms with van der Waals surface area (Å²) in [5.41, 5.74) is 0.982. The molecule has 4 heteroatoms. The van der Waals surface area contributed by atoms with Gasteiger partial charge < -0.3 is 9.84 Å². The predicted molar refractivity (Wildman–Crippen MR) is 77.2 cm³/mol. The van der Waals surface area contributed by atoms with Crippen LogP contribution in [0.2, 0.25) is 5.02 Å². The summed E-state index contributed by atoms with van der Waals surface area (Å²) in [5.74, 6) is 0.156. The maximum atomic E-state index is 11.2. The second kappa shape index (κ2) is 5.83. The van der Waals surface area contributed by atoms with E-state index < -0.39 is 11.4 Å². The third-order valence-corrected chi connectivity index (χ3v) is 3.56. The van der Waals surface area contributed by atoms with Crippen molar-refractivity contribution < 1.29 is 14.6 Å². The van der Waals surface area contributed by atoms with E-state index in [2.05, 4.69) is 13.8 Å². The fourth-order valence-corrected chi connectivity index (χ4v) is 2.34. The summed E-state index contributed by atoms with van der Waals surface area (Å²) in [6.45, 7) is 7.50. The molecule has 0 aliphatic heterocycles. The van der Waals surface area contributed by atoms with Gasteiger partial charge in [0.1, 0.15) is 5.75 Å². The molecule has 1 aromatic carbocycles. The molecular weight excluding hydrogens is 264 g/mol. The van der Waals surface area contributed by atoms with Crippen LogP contribution in [0.5, 0.6) is 5.75 Å². The van der Waals surface area contributed by atoms with Crippen molar-refractivity contribution in [1.29, 1.82) is 0 Å². The summed E-state index contributed by atoms with van der Waals surface area (Å²) < 4.78 is 5.37. The van der Waals surface area contributed by atoms with Crippen LogP contribution in [0.15, 0.2) is 12.1 Å². The first-order chi connectivity index (χ1) is 8.69. The number of methoxy groups -OCH3 is 1. The van der Waals surface area contributed by atoms with Crippen molar-refractivity contribution in [2.24, 2.45) is 5.41 Å². The van der Waals surface area contributed by atoms with E-state index in [1.807, 2.05) is 12.1 Å². The van der Waals surface area contributed by atoms with Crippen molar-refractivity contribution in [3.8, 4) is 5.75 Å². The Labute approximate surface area is 119 Å². The molecular formula is C15H21ClO3. The number of carboxylic acids is 1. The Morgan fingerprint density at radius 1 is 1.42 bits per heavy atom. The van der Waals surface area contributed by atoms with Gasteiger partial charge in [-0.05, 0) is 49.4 Å². The predicted octanol–water partition coefficient (Wildman–Crippen LogP) is 4.13. The average Bonchev–Trinajstić information content (AvgIpc) is 2.28. The summed E-state index contributed by atoms with van der Waals surface area (Å²) in [4.78, 5) is 11.2. The minimum Gasteiger partial charge on any atom is -0.496 e. The first-order valence-corrected chi connectivity index (χ1v) is 6.66. The molecule has 0 aliphatic rings. The van der Waals surface area contributed by atoms with Crippen LogP contribution in [-0.2, 0) is 11.2 Å². The Bertz CT molecular complexity index is 479. The van der Waals surface area contributed by atoms with Crippen molar-refractivity contribution in [2.45, 2.75) is 40.0 Å². The van der Waals surface area contributed by atoms with Crippen LogP contribution in [-0.4, -0.2) is 18.2 Å². The molecule has 1 aromatic rings. The number of hydrogen-bond acceptors (Lipinski definition) is 2. The molecule has 0 spiro atoms. The van der Waals surface area contributed by atoms with E-state index in [0.29, 0.717) is 23.1 Å². The maximum Gasteiger partial charge on any atom is 0.309 e. The minimum atomic E-state index is -0.851. The van der Waals surface area contributed by atoms with E-state index in [-0.39, 0.29) is 0 Å². The molecule has 3 nitrogen and oxygen atoms in total. The van der Waals surface area contributed by atoms with E-state index in [9.17, 15) is 9.90 Å². The number of hydrogen-bond donors (Lipinski definition) is 1. The Kier molecular flexibility index (Phi) is 4.86. The van der Waals surface area contributed by atoms with Gasteiger partial charge in [-0.15, -0.1) is 0 Å². The third-order valence-electron chi connectivity index (χ3n) is 3.23. The number of carboxylic acid groups (broad SMARTS) is 1. The van der Waals surface area contributed by atoms with Gasteiger partial charge in [0.05, 0.1) is 12.5 Å². The van der Waals surface area contributed by atoms with Gasteiger partial charge in [0.25, 0.3) is 0 Å². The molecule has 0 fully saturated rings. The molecule has 0 heterocycles. The SMILES string of the molecule is COc1cc(C(C)C)c(Cl)cc1CC(C)(C)C(=O)O. The van der Waals surface area contributed by atoms with Crippen molar-refractivity contribution in [3.63, 3.8) is 0 Å². The fraction of sp³-hybridized carbons (Fsp3) is 0.533. The van der Waals surface area contributed by atoms with Crippen molar-refractivity contribution in [2.75, 3.05) is 7.11 Å². The number of carbonyl (C=O) groups is 1. The first-order valence-electron chi connectivity index (χ1n) is 6.28. The zero-order valence-corrected chi connectivity index (χ0v) is 12.8. The fourth-order valence-electron chi connectivity index (χ4n) is 1.93. The van der Waals surface area contributed by atoms with E-state index in [1.165, 1.54) is 0 Å². The molecule has 0 aliphatic carbocycles. The zero-order chi connectivity index (χ0) is 14.8. The van der Waals surface area contributed by atoms with Crippen molar-refractivity contribution >= 4 is 17.6 Å². The molecule has 0 radical (unpaired) electrons.